The van der Waals surface area contributed by atoms with E-state index in [4.69, 9.17) is 5.73 Å². The van der Waals surface area contributed by atoms with Gasteiger partial charge in [0.15, 0.2) is 0 Å². The van der Waals surface area contributed by atoms with Crippen LogP contribution in [-0.4, -0.2) is 34.4 Å². The first-order chi connectivity index (χ1) is 9.56. The van der Waals surface area contributed by atoms with Crippen LogP contribution in [0.1, 0.15) is 42.2 Å². The van der Waals surface area contributed by atoms with Crippen molar-refractivity contribution in [3.05, 3.63) is 22.4 Å². The quantitative estimate of drug-likeness (QED) is 0.913. The number of amides is 2. The van der Waals surface area contributed by atoms with Crippen LogP contribution in [0.2, 0.25) is 0 Å². The molecule has 2 fully saturated rings. The van der Waals surface area contributed by atoms with Crippen LogP contribution in [0, 0.1) is 5.92 Å². The van der Waals surface area contributed by atoms with Gasteiger partial charge in [-0.15, -0.1) is 0 Å². The van der Waals surface area contributed by atoms with Gasteiger partial charge in [0.1, 0.15) is 5.69 Å². The number of halogens is 1. The Kier molecular flexibility index (Phi) is 3.58. The molecule has 2 amide bonds. The second kappa shape index (κ2) is 5.24. The highest BCUT2D eigenvalue weighted by atomic mass is 79.9. The summed E-state index contributed by atoms with van der Waals surface area (Å²) in [4.78, 5) is 25.6. The Hall–Kier alpha value is -1.30. The van der Waals surface area contributed by atoms with Gasteiger partial charge >= 0.3 is 0 Å². The van der Waals surface area contributed by atoms with E-state index in [9.17, 15) is 9.59 Å². The summed E-state index contributed by atoms with van der Waals surface area (Å²) < 4.78 is 3.02. The van der Waals surface area contributed by atoms with Crippen molar-refractivity contribution in [2.45, 2.75) is 31.7 Å². The molecule has 0 radical (unpaired) electrons. The highest BCUT2D eigenvalue weighted by molar-refractivity contribution is 9.10. The minimum atomic E-state index is -0.249. The van der Waals surface area contributed by atoms with Gasteiger partial charge in [-0.1, -0.05) is 0 Å². The maximum Gasteiger partial charge on any atom is 0.270 e. The summed E-state index contributed by atoms with van der Waals surface area (Å²) >= 11 is 3.45. The first-order valence-electron chi connectivity index (χ1n) is 7.02. The molecule has 1 saturated carbocycles. The van der Waals surface area contributed by atoms with Gasteiger partial charge in [0.25, 0.3) is 5.91 Å². The molecule has 1 aromatic rings. The molecule has 1 aliphatic heterocycles. The zero-order valence-electron chi connectivity index (χ0n) is 11.2. The minimum Gasteiger partial charge on any atom is -0.369 e. The molecule has 5 nitrogen and oxygen atoms in total. The predicted octanol–water partition coefficient (Wildman–Crippen LogP) is 1.92. The van der Waals surface area contributed by atoms with Crippen LogP contribution in [0.4, 0.5) is 0 Å². The SMILES string of the molecule is NC(=O)C1CCN(C(=O)c2cc(Br)cn2C2CC2)CC1. The molecule has 2 heterocycles. The molecule has 0 aromatic carbocycles. The maximum absolute atomic E-state index is 12.6. The van der Waals surface area contributed by atoms with Crippen molar-refractivity contribution >= 4 is 27.7 Å². The second-order valence-corrected chi connectivity index (χ2v) is 6.57. The molecule has 0 spiro atoms. The van der Waals surface area contributed by atoms with Gasteiger partial charge in [-0.05, 0) is 47.7 Å². The Morgan fingerprint density at radius 2 is 1.85 bits per heavy atom. The lowest BCUT2D eigenvalue weighted by atomic mass is 9.96. The first kappa shape index (κ1) is 13.7. The number of hydrogen-bond donors (Lipinski definition) is 1. The Morgan fingerprint density at radius 1 is 1.20 bits per heavy atom. The number of carbonyl (C=O) groups is 2. The summed E-state index contributed by atoms with van der Waals surface area (Å²) in [6.07, 6.45) is 5.62. The van der Waals surface area contributed by atoms with Crippen molar-refractivity contribution in [1.29, 1.82) is 0 Å². The average Bonchev–Trinajstić information content (AvgIpc) is 3.21. The van der Waals surface area contributed by atoms with Crippen molar-refractivity contribution in [3.8, 4) is 0 Å². The number of hydrogen-bond acceptors (Lipinski definition) is 2. The van der Waals surface area contributed by atoms with Crippen molar-refractivity contribution < 1.29 is 9.59 Å². The summed E-state index contributed by atoms with van der Waals surface area (Å²) in [6, 6.07) is 2.37. The van der Waals surface area contributed by atoms with Gasteiger partial charge in [-0.2, -0.15) is 0 Å². The highest BCUT2D eigenvalue weighted by Gasteiger charge is 2.31. The van der Waals surface area contributed by atoms with E-state index in [2.05, 4.69) is 20.5 Å². The first-order valence-corrected chi connectivity index (χ1v) is 7.81. The van der Waals surface area contributed by atoms with E-state index < -0.39 is 0 Å². The molecule has 20 heavy (non-hydrogen) atoms. The van der Waals surface area contributed by atoms with Crippen LogP contribution >= 0.6 is 15.9 Å². The molecule has 0 atom stereocenters. The van der Waals surface area contributed by atoms with Crippen LogP contribution in [0.5, 0.6) is 0 Å². The number of nitrogens with two attached hydrogens (primary N) is 1. The zero-order valence-corrected chi connectivity index (χ0v) is 12.8. The third-order valence-electron chi connectivity index (χ3n) is 4.16. The van der Waals surface area contributed by atoms with E-state index in [0.29, 0.717) is 32.0 Å². The van der Waals surface area contributed by atoms with Crippen molar-refractivity contribution in [1.82, 2.24) is 9.47 Å². The van der Waals surface area contributed by atoms with Crippen molar-refractivity contribution in [2.24, 2.45) is 11.7 Å². The largest absolute Gasteiger partial charge is 0.369 e. The molecule has 3 rings (SSSR count). The highest BCUT2D eigenvalue weighted by Crippen LogP contribution is 2.38. The van der Waals surface area contributed by atoms with Crippen LogP contribution in [-0.2, 0) is 4.79 Å². The Balaban J connectivity index is 1.72. The van der Waals surface area contributed by atoms with Crippen LogP contribution in [0.3, 0.4) is 0 Å². The smallest absolute Gasteiger partial charge is 0.270 e. The number of primary amides is 1. The van der Waals surface area contributed by atoms with Crippen LogP contribution in [0.25, 0.3) is 0 Å². The lowest BCUT2D eigenvalue weighted by Gasteiger charge is -2.30. The summed E-state index contributed by atoms with van der Waals surface area (Å²) in [7, 11) is 0. The van der Waals surface area contributed by atoms with Gasteiger partial charge < -0.3 is 15.2 Å². The summed E-state index contributed by atoms with van der Waals surface area (Å²) in [5.74, 6) is -0.271. The fourth-order valence-electron chi connectivity index (χ4n) is 2.80. The molecular weight excluding hydrogens is 322 g/mol. The molecule has 108 valence electrons. The number of likely N-dealkylation sites (tertiary alicyclic amines) is 1. The van der Waals surface area contributed by atoms with Crippen molar-refractivity contribution in [2.75, 3.05) is 13.1 Å². The lowest BCUT2D eigenvalue weighted by Crippen LogP contribution is -2.42. The number of rotatable bonds is 3. The van der Waals surface area contributed by atoms with Crippen LogP contribution < -0.4 is 5.73 Å². The van der Waals surface area contributed by atoms with E-state index in [0.717, 1.165) is 23.0 Å². The lowest BCUT2D eigenvalue weighted by molar-refractivity contribution is -0.123. The van der Waals surface area contributed by atoms with Gasteiger partial charge in [0.2, 0.25) is 5.91 Å². The molecular formula is C14H18BrN3O2. The van der Waals surface area contributed by atoms with E-state index in [1.54, 1.807) is 0 Å². The molecule has 6 heteroatoms. The third-order valence-corrected chi connectivity index (χ3v) is 4.59. The number of aromatic nitrogens is 1. The summed E-state index contributed by atoms with van der Waals surface area (Å²) in [6.45, 7) is 1.22. The molecule has 0 unspecified atom stereocenters. The molecule has 2 N–H and O–H groups in total. The minimum absolute atomic E-state index is 0.0607. The molecule has 2 aliphatic rings. The zero-order chi connectivity index (χ0) is 14.3. The number of carbonyl (C=O) groups excluding carboxylic acids is 2. The summed E-state index contributed by atoms with van der Waals surface area (Å²) in [5, 5.41) is 0. The van der Waals surface area contributed by atoms with E-state index in [1.807, 2.05) is 17.2 Å². The third kappa shape index (κ3) is 2.61. The Labute approximate surface area is 126 Å². The monoisotopic (exact) mass is 339 g/mol. The predicted molar refractivity (Wildman–Crippen MR) is 78.2 cm³/mol. The van der Waals surface area contributed by atoms with Gasteiger partial charge in [0, 0.05) is 35.7 Å². The molecule has 0 bridgehead atoms. The van der Waals surface area contributed by atoms with E-state index >= 15 is 0 Å². The molecule has 1 saturated heterocycles. The Morgan fingerprint density at radius 3 is 2.40 bits per heavy atom. The summed E-state index contributed by atoms with van der Waals surface area (Å²) in [5.41, 5.74) is 6.07. The standard InChI is InChI=1S/C14H18BrN3O2/c15-10-7-12(18(8-10)11-1-2-11)14(20)17-5-3-9(4-6-17)13(16)19/h7-9,11H,1-6H2,(H2,16,19). The van der Waals surface area contributed by atoms with Gasteiger partial charge in [-0.3, -0.25) is 9.59 Å². The number of nitrogens with zero attached hydrogens (tertiary/aromatic N) is 2. The molecule has 1 aromatic heterocycles. The normalized spacial score (nSPS) is 20.1. The van der Waals surface area contributed by atoms with Gasteiger partial charge in [-0.25, -0.2) is 0 Å². The van der Waals surface area contributed by atoms with Gasteiger partial charge in [0.05, 0.1) is 0 Å². The molecule has 1 aliphatic carbocycles. The topological polar surface area (TPSA) is 68.3 Å². The van der Waals surface area contributed by atoms with Crippen molar-refractivity contribution in [3.63, 3.8) is 0 Å². The second-order valence-electron chi connectivity index (χ2n) is 5.65. The van der Waals surface area contributed by atoms with E-state index in [-0.39, 0.29) is 17.7 Å². The van der Waals surface area contributed by atoms with E-state index in [1.165, 1.54) is 0 Å². The van der Waals surface area contributed by atoms with Crippen LogP contribution in [0.15, 0.2) is 16.7 Å². The number of piperidine rings is 1. The maximum atomic E-state index is 12.6. The Bertz CT molecular complexity index is 543. The fourth-order valence-corrected chi connectivity index (χ4v) is 3.24. The average molecular weight is 340 g/mol. The fraction of sp³-hybridized carbons (Fsp3) is 0.571.